The second-order valence-corrected chi connectivity index (χ2v) is 5.97. The predicted octanol–water partition coefficient (Wildman–Crippen LogP) is 2.60. The van der Waals surface area contributed by atoms with Crippen molar-refractivity contribution in [1.82, 2.24) is 24.8 Å². The Labute approximate surface area is 131 Å². The maximum absolute atomic E-state index is 4.59. The standard InChI is InChI=1S/C16H22N6/c1-12(2)22-7-3-4-13(11-22)14-8-20-16(10-19-14)21-15-9-17-5-6-18-15/h5-6,8-10,12-13H,3-4,7,11H2,1-2H3,(H,18,20,21). The van der Waals surface area contributed by atoms with Crippen LogP contribution in [0, 0.1) is 0 Å². The number of aromatic nitrogens is 4. The minimum Gasteiger partial charge on any atom is -0.322 e. The van der Waals surface area contributed by atoms with Crippen LogP contribution in [0.4, 0.5) is 11.6 Å². The fourth-order valence-corrected chi connectivity index (χ4v) is 2.83. The van der Waals surface area contributed by atoms with Gasteiger partial charge < -0.3 is 10.2 Å². The number of piperidine rings is 1. The normalized spacial score (nSPS) is 19.3. The van der Waals surface area contributed by atoms with Gasteiger partial charge in [-0.25, -0.2) is 9.97 Å². The number of hydrogen-bond acceptors (Lipinski definition) is 6. The Balaban J connectivity index is 1.66. The van der Waals surface area contributed by atoms with Crippen molar-refractivity contribution >= 4 is 11.6 Å². The van der Waals surface area contributed by atoms with Gasteiger partial charge in [-0.1, -0.05) is 0 Å². The van der Waals surface area contributed by atoms with Crippen LogP contribution in [0.1, 0.15) is 38.3 Å². The van der Waals surface area contributed by atoms with E-state index in [0.717, 1.165) is 12.2 Å². The van der Waals surface area contributed by atoms with Crippen molar-refractivity contribution < 1.29 is 0 Å². The maximum atomic E-state index is 4.59. The summed E-state index contributed by atoms with van der Waals surface area (Å²) in [5.41, 5.74) is 1.08. The van der Waals surface area contributed by atoms with E-state index < -0.39 is 0 Å². The van der Waals surface area contributed by atoms with Crippen LogP contribution in [0.25, 0.3) is 0 Å². The van der Waals surface area contributed by atoms with Crippen LogP contribution >= 0.6 is 0 Å². The SMILES string of the molecule is CC(C)N1CCCC(c2cnc(Nc3cnccn3)cn2)C1. The summed E-state index contributed by atoms with van der Waals surface area (Å²) < 4.78 is 0. The quantitative estimate of drug-likeness (QED) is 0.936. The highest BCUT2D eigenvalue weighted by molar-refractivity contribution is 5.48. The molecule has 1 N–H and O–H groups in total. The van der Waals surface area contributed by atoms with Gasteiger partial charge in [0.25, 0.3) is 0 Å². The largest absolute Gasteiger partial charge is 0.322 e. The molecule has 3 heterocycles. The molecule has 0 saturated carbocycles. The second-order valence-electron chi connectivity index (χ2n) is 5.97. The number of likely N-dealkylation sites (tertiary alicyclic amines) is 1. The molecule has 0 amide bonds. The average Bonchev–Trinajstić information content (AvgIpc) is 2.56. The zero-order valence-electron chi connectivity index (χ0n) is 13.1. The van der Waals surface area contributed by atoms with Crippen molar-refractivity contribution in [2.75, 3.05) is 18.4 Å². The minimum absolute atomic E-state index is 0.481. The summed E-state index contributed by atoms with van der Waals surface area (Å²) in [5, 5.41) is 3.10. The topological polar surface area (TPSA) is 66.8 Å². The minimum atomic E-state index is 0.481. The molecule has 22 heavy (non-hydrogen) atoms. The molecule has 3 rings (SSSR count). The van der Waals surface area contributed by atoms with Crippen molar-refractivity contribution in [3.63, 3.8) is 0 Å². The summed E-state index contributed by atoms with van der Waals surface area (Å²) in [6.45, 7) is 6.77. The van der Waals surface area contributed by atoms with Crippen molar-refractivity contribution in [3.8, 4) is 0 Å². The van der Waals surface area contributed by atoms with E-state index in [2.05, 4.69) is 44.0 Å². The van der Waals surface area contributed by atoms with Crippen molar-refractivity contribution in [3.05, 3.63) is 36.7 Å². The molecule has 0 spiro atoms. The Hall–Kier alpha value is -2.08. The van der Waals surface area contributed by atoms with Crippen molar-refractivity contribution in [2.24, 2.45) is 0 Å². The number of anilines is 2. The zero-order chi connectivity index (χ0) is 15.4. The van der Waals surface area contributed by atoms with E-state index in [1.165, 1.54) is 19.4 Å². The van der Waals surface area contributed by atoms with E-state index in [9.17, 15) is 0 Å². The molecule has 1 atom stereocenters. The average molecular weight is 298 g/mol. The van der Waals surface area contributed by atoms with Gasteiger partial charge in [0.05, 0.1) is 24.3 Å². The lowest BCUT2D eigenvalue weighted by atomic mass is 9.94. The highest BCUT2D eigenvalue weighted by atomic mass is 15.2. The molecule has 0 bridgehead atoms. The summed E-state index contributed by atoms with van der Waals surface area (Å²) in [4.78, 5) is 19.8. The Morgan fingerprint density at radius 1 is 1.09 bits per heavy atom. The van der Waals surface area contributed by atoms with Gasteiger partial charge in [0.1, 0.15) is 11.6 Å². The van der Waals surface area contributed by atoms with Crippen LogP contribution in [0.15, 0.2) is 31.0 Å². The fourth-order valence-electron chi connectivity index (χ4n) is 2.83. The smallest absolute Gasteiger partial charge is 0.150 e. The lowest BCUT2D eigenvalue weighted by Crippen LogP contribution is -2.39. The van der Waals surface area contributed by atoms with E-state index in [1.807, 2.05) is 6.20 Å². The first-order valence-electron chi connectivity index (χ1n) is 7.81. The molecular formula is C16H22N6. The van der Waals surface area contributed by atoms with Crippen LogP contribution in [0.3, 0.4) is 0 Å². The van der Waals surface area contributed by atoms with Crippen LogP contribution in [0.5, 0.6) is 0 Å². The van der Waals surface area contributed by atoms with E-state index in [0.29, 0.717) is 23.6 Å². The number of nitrogens with zero attached hydrogens (tertiary/aromatic N) is 5. The van der Waals surface area contributed by atoms with E-state index in [4.69, 9.17) is 0 Å². The van der Waals surface area contributed by atoms with Crippen molar-refractivity contribution in [1.29, 1.82) is 0 Å². The molecule has 0 aliphatic carbocycles. The monoisotopic (exact) mass is 298 g/mol. The molecule has 2 aromatic heterocycles. The molecule has 116 valence electrons. The summed E-state index contributed by atoms with van der Waals surface area (Å²) in [6, 6.07) is 0.591. The van der Waals surface area contributed by atoms with E-state index >= 15 is 0 Å². The zero-order valence-corrected chi connectivity index (χ0v) is 13.1. The molecular weight excluding hydrogens is 276 g/mol. The van der Waals surface area contributed by atoms with Gasteiger partial charge in [-0.05, 0) is 33.2 Å². The Kier molecular flexibility index (Phi) is 4.58. The van der Waals surface area contributed by atoms with Gasteiger partial charge in [-0.2, -0.15) is 0 Å². The van der Waals surface area contributed by atoms with Gasteiger partial charge >= 0.3 is 0 Å². The number of hydrogen-bond donors (Lipinski definition) is 1. The van der Waals surface area contributed by atoms with Crippen LogP contribution in [-0.2, 0) is 0 Å². The summed E-state index contributed by atoms with van der Waals surface area (Å²) in [5.74, 6) is 1.85. The lowest BCUT2D eigenvalue weighted by molar-refractivity contribution is 0.166. The van der Waals surface area contributed by atoms with E-state index in [1.54, 1.807) is 24.8 Å². The molecule has 1 saturated heterocycles. The van der Waals surface area contributed by atoms with Gasteiger partial charge in [0, 0.05) is 30.9 Å². The summed E-state index contributed by atoms with van der Waals surface area (Å²) in [6.07, 6.45) is 11.0. The predicted molar refractivity (Wildman–Crippen MR) is 86.0 cm³/mol. The fraction of sp³-hybridized carbons (Fsp3) is 0.500. The molecule has 1 fully saturated rings. The summed E-state index contributed by atoms with van der Waals surface area (Å²) in [7, 11) is 0. The first kappa shape index (κ1) is 14.8. The maximum Gasteiger partial charge on any atom is 0.150 e. The molecule has 1 aliphatic rings. The lowest BCUT2D eigenvalue weighted by Gasteiger charge is -2.35. The molecule has 0 radical (unpaired) electrons. The van der Waals surface area contributed by atoms with Gasteiger partial charge in [-0.3, -0.25) is 9.97 Å². The highest BCUT2D eigenvalue weighted by Crippen LogP contribution is 2.26. The van der Waals surface area contributed by atoms with Gasteiger partial charge in [-0.15, -0.1) is 0 Å². The second kappa shape index (κ2) is 6.79. The Morgan fingerprint density at radius 2 is 1.95 bits per heavy atom. The summed E-state index contributed by atoms with van der Waals surface area (Å²) >= 11 is 0. The Bertz CT molecular complexity index is 583. The Morgan fingerprint density at radius 3 is 2.64 bits per heavy atom. The van der Waals surface area contributed by atoms with Crippen LogP contribution in [-0.4, -0.2) is 44.0 Å². The first-order chi connectivity index (χ1) is 10.7. The molecule has 0 aromatic carbocycles. The van der Waals surface area contributed by atoms with Crippen LogP contribution in [0.2, 0.25) is 0 Å². The molecule has 6 nitrogen and oxygen atoms in total. The highest BCUT2D eigenvalue weighted by Gasteiger charge is 2.23. The third-order valence-corrected chi connectivity index (χ3v) is 4.09. The van der Waals surface area contributed by atoms with Gasteiger partial charge in [0.2, 0.25) is 0 Å². The van der Waals surface area contributed by atoms with Crippen molar-refractivity contribution in [2.45, 2.75) is 38.6 Å². The van der Waals surface area contributed by atoms with E-state index in [-0.39, 0.29) is 0 Å². The van der Waals surface area contributed by atoms with Crippen LogP contribution < -0.4 is 5.32 Å². The molecule has 1 unspecified atom stereocenters. The number of nitrogens with one attached hydrogen (secondary N) is 1. The molecule has 2 aromatic rings. The first-order valence-corrected chi connectivity index (χ1v) is 7.81. The molecule has 6 heteroatoms. The number of rotatable bonds is 4. The third-order valence-electron chi connectivity index (χ3n) is 4.09. The van der Waals surface area contributed by atoms with Gasteiger partial charge in [0.15, 0.2) is 0 Å². The molecule has 1 aliphatic heterocycles. The third kappa shape index (κ3) is 3.57.